The predicted octanol–water partition coefficient (Wildman–Crippen LogP) is 4.95. The summed E-state index contributed by atoms with van der Waals surface area (Å²) in [7, 11) is 0. The van der Waals surface area contributed by atoms with E-state index in [-0.39, 0.29) is 16.7 Å². The highest BCUT2D eigenvalue weighted by atomic mass is 32.2. The molecule has 6 nitrogen and oxygen atoms in total. The van der Waals surface area contributed by atoms with E-state index in [1.54, 1.807) is 6.92 Å². The first-order valence-electron chi connectivity index (χ1n) is 7.99. The van der Waals surface area contributed by atoms with Gasteiger partial charge >= 0.3 is 0 Å². The van der Waals surface area contributed by atoms with E-state index in [9.17, 15) is 10.4 Å². The minimum absolute atomic E-state index is 0.0490. The second-order valence-electron chi connectivity index (χ2n) is 6.74. The van der Waals surface area contributed by atoms with Crippen molar-refractivity contribution in [3.05, 3.63) is 40.9 Å². The van der Waals surface area contributed by atoms with Crippen LogP contribution in [0.5, 0.6) is 0 Å². The van der Waals surface area contributed by atoms with Gasteiger partial charge in [0, 0.05) is 5.41 Å². The number of fused-ring (bicyclic) bond motifs is 1. The third-order valence-corrected chi connectivity index (χ3v) is 5.58. The van der Waals surface area contributed by atoms with Crippen molar-refractivity contribution in [2.45, 2.75) is 43.6 Å². The first-order chi connectivity index (χ1) is 12.3. The number of thiazole rings is 1. The molecular weight excluding hydrogens is 368 g/mol. The third kappa shape index (κ3) is 3.74. The van der Waals surface area contributed by atoms with Gasteiger partial charge in [-0.25, -0.2) is 4.98 Å². The number of allylic oxidation sites excluding steroid dienone is 1. The Kier molecular flexibility index (Phi) is 5.03. The van der Waals surface area contributed by atoms with Gasteiger partial charge in [0.25, 0.3) is 5.22 Å². The van der Waals surface area contributed by atoms with Crippen molar-refractivity contribution in [1.82, 2.24) is 15.2 Å². The number of aliphatic hydroxyl groups is 1. The van der Waals surface area contributed by atoms with E-state index in [4.69, 9.17) is 4.42 Å². The fourth-order valence-electron chi connectivity index (χ4n) is 2.16. The van der Waals surface area contributed by atoms with Crippen LogP contribution < -0.4 is 0 Å². The zero-order valence-electron chi connectivity index (χ0n) is 14.8. The molecule has 0 saturated carbocycles. The molecule has 3 rings (SSSR count). The summed E-state index contributed by atoms with van der Waals surface area (Å²) in [6.45, 7) is 7.73. The monoisotopic (exact) mass is 386 g/mol. The highest BCUT2D eigenvalue weighted by molar-refractivity contribution is 7.99. The van der Waals surface area contributed by atoms with Crippen LogP contribution in [0, 0.1) is 11.3 Å². The molecule has 0 saturated heterocycles. The molecule has 0 radical (unpaired) electrons. The Labute approximate surface area is 159 Å². The number of rotatable bonds is 4. The molecular formula is C18H18N4O2S2. The van der Waals surface area contributed by atoms with E-state index in [2.05, 4.69) is 21.3 Å². The average molecular weight is 387 g/mol. The summed E-state index contributed by atoms with van der Waals surface area (Å²) in [5.41, 5.74) is 0.730. The van der Waals surface area contributed by atoms with E-state index in [0.29, 0.717) is 16.1 Å². The summed E-state index contributed by atoms with van der Waals surface area (Å²) in [5, 5.41) is 28.6. The second kappa shape index (κ2) is 7.09. The Balaban J connectivity index is 1.87. The van der Waals surface area contributed by atoms with Gasteiger partial charge in [0.15, 0.2) is 0 Å². The number of thioether (sulfide) groups is 1. The quantitative estimate of drug-likeness (QED) is 0.385. The highest BCUT2D eigenvalue weighted by Gasteiger charge is 2.24. The van der Waals surface area contributed by atoms with Gasteiger partial charge in [-0.15, -0.1) is 21.5 Å². The molecule has 1 aromatic carbocycles. The lowest BCUT2D eigenvalue weighted by Crippen LogP contribution is -2.11. The van der Waals surface area contributed by atoms with Crippen molar-refractivity contribution in [3.63, 3.8) is 0 Å². The lowest BCUT2D eigenvalue weighted by Gasteiger charge is -2.11. The van der Waals surface area contributed by atoms with Crippen LogP contribution in [0.4, 0.5) is 0 Å². The molecule has 0 amide bonds. The Hall–Kier alpha value is -2.37. The van der Waals surface area contributed by atoms with Crippen molar-refractivity contribution < 1.29 is 9.52 Å². The zero-order chi connectivity index (χ0) is 18.9. The van der Waals surface area contributed by atoms with Crippen LogP contribution in [0.1, 0.15) is 38.6 Å². The maximum Gasteiger partial charge on any atom is 0.277 e. The number of aromatic nitrogens is 3. The fraction of sp³-hybridized carbons (Fsp3) is 0.333. The van der Waals surface area contributed by atoms with Crippen molar-refractivity contribution in [1.29, 1.82) is 5.26 Å². The van der Waals surface area contributed by atoms with Gasteiger partial charge < -0.3 is 9.52 Å². The SMILES string of the molecule is CC(Sc1nnc(C(C)(C)C)o1)/C(O)=C(/C#N)c1nc2ccccc2s1. The fourth-order valence-corrected chi connectivity index (χ4v) is 3.88. The molecule has 0 bridgehead atoms. The molecule has 1 atom stereocenters. The summed E-state index contributed by atoms with van der Waals surface area (Å²) >= 11 is 2.59. The first-order valence-corrected chi connectivity index (χ1v) is 9.69. The number of benzene rings is 1. The third-order valence-electron chi connectivity index (χ3n) is 3.59. The van der Waals surface area contributed by atoms with Crippen LogP contribution in [0.2, 0.25) is 0 Å². The standard InChI is InChI=1S/C18H18N4O2S2/c1-10(25-17-22-21-16(24-17)18(2,3)4)14(23)11(9-19)15-20-12-7-5-6-8-13(12)26-15/h5-8,10,23H,1-4H3/b14-11+. The van der Waals surface area contributed by atoms with E-state index >= 15 is 0 Å². The first kappa shape index (κ1) is 18.4. The van der Waals surface area contributed by atoms with E-state index in [1.807, 2.05) is 45.0 Å². The lowest BCUT2D eigenvalue weighted by molar-refractivity contribution is 0.346. The molecule has 0 aliphatic heterocycles. The second-order valence-corrected chi connectivity index (χ2v) is 9.06. The zero-order valence-corrected chi connectivity index (χ0v) is 16.5. The molecule has 8 heteroatoms. The number of nitrogens with zero attached hydrogens (tertiary/aromatic N) is 4. The number of aliphatic hydroxyl groups excluding tert-OH is 1. The van der Waals surface area contributed by atoms with Crippen LogP contribution in [-0.4, -0.2) is 25.5 Å². The molecule has 0 fully saturated rings. The van der Waals surface area contributed by atoms with Crippen molar-refractivity contribution >= 4 is 38.9 Å². The summed E-state index contributed by atoms with van der Waals surface area (Å²) in [5.74, 6) is 0.481. The smallest absolute Gasteiger partial charge is 0.277 e. The van der Waals surface area contributed by atoms with Gasteiger partial charge in [-0.3, -0.25) is 0 Å². The van der Waals surface area contributed by atoms with Gasteiger partial charge in [0.05, 0.1) is 15.5 Å². The Morgan fingerprint density at radius 3 is 2.65 bits per heavy atom. The lowest BCUT2D eigenvalue weighted by atomic mass is 9.97. The minimum atomic E-state index is -0.426. The molecule has 0 spiro atoms. The molecule has 0 aliphatic carbocycles. The minimum Gasteiger partial charge on any atom is -0.510 e. The van der Waals surface area contributed by atoms with Gasteiger partial charge in [-0.2, -0.15) is 5.26 Å². The molecule has 3 aromatic rings. The predicted molar refractivity (Wildman–Crippen MR) is 103 cm³/mol. The summed E-state index contributed by atoms with van der Waals surface area (Å²) in [6, 6.07) is 9.70. The van der Waals surface area contributed by atoms with Crippen LogP contribution in [-0.2, 0) is 5.41 Å². The number of hydrogen-bond donors (Lipinski definition) is 1. The molecule has 2 heterocycles. The number of hydrogen-bond acceptors (Lipinski definition) is 8. The van der Waals surface area contributed by atoms with E-state index in [1.165, 1.54) is 23.1 Å². The van der Waals surface area contributed by atoms with Crippen molar-refractivity contribution in [2.75, 3.05) is 0 Å². The summed E-state index contributed by atoms with van der Waals surface area (Å²) in [4.78, 5) is 4.45. The highest BCUT2D eigenvalue weighted by Crippen LogP contribution is 2.34. The summed E-state index contributed by atoms with van der Waals surface area (Å²) in [6.07, 6.45) is 0. The van der Waals surface area contributed by atoms with Gasteiger partial charge in [-0.1, -0.05) is 44.7 Å². The topological polar surface area (TPSA) is 95.8 Å². The van der Waals surface area contributed by atoms with Gasteiger partial charge in [-0.05, 0) is 19.1 Å². The maximum atomic E-state index is 10.6. The molecule has 26 heavy (non-hydrogen) atoms. The van der Waals surface area contributed by atoms with Crippen LogP contribution >= 0.6 is 23.1 Å². The van der Waals surface area contributed by atoms with Gasteiger partial charge in [0.1, 0.15) is 22.4 Å². The van der Waals surface area contributed by atoms with Crippen LogP contribution in [0.15, 0.2) is 39.7 Å². The van der Waals surface area contributed by atoms with E-state index < -0.39 is 5.25 Å². The Morgan fingerprint density at radius 1 is 1.31 bits per heavy atom. The molecule has 2 aromatic heterocycles. The number of para-hydroxylation sites is 1. The molecule has 0 aliphatic rings. The summed E-state index contributed by atoms with van der Waals surface area (Å²) < 4.78 is 6.61. The normalized spacial score (nSPS) is 14.1. The average Bonchev–Trinajstić information content (AvgIpc) is 3.21. The van der Waals surface area contributed by atoms with Gasteiger partial charge in [0.2, 0.25) is 5.89 Å². The molecule has 1 unspecified atom stereocenters. The Morgan fingerprint density at radius 2 is 2.04 bits per heavy atom. The van der Waals surface area contributed by atoms with Crippen molar-refractivity contribution in [2.24, 2.45) is 0 Å². The van der Waals surface area contributed by atoms with Crippen LogP contribution in [0.25, 0.3) is 15.8 Å². The van der Waals surface area contributed by atoms with Crippen LogP contribution in [0.3, 0.4) is 0 Å². The number of nitriles is 1. The largest absolute Gasteiger partial charge is 0.510 e. The Bertz CT molecular complexity index is 975. The molecule has 134 valence electrons. The van der Waals surface area contributed by atoms with Crippen molar-refractivity contribution in [3.8, 4) is 6.07 Å². The molecule has 1 N–H and O–H groups in total. The van der Waals surface area contributed by atoms with E-state index in [0.717, 1.165) is 10.2 Å². The maximum absolute atomic E-state index is 10.6.